The molecule has 8 bridgehead atoms. The van der Waals surface area contributed by atoms with Crippen molar-refractivity contribution in [1.29, 1.82) is 0 Å². The Labute approximate surface area is 280 Å². The van der Waals surface area contributed by atoms with E-state index in [2.05, 4.69) is 180 Å². The SMILES string of the molecule is C1=C/C2=C(\c3ccccc3)c3c[nH]c(c3)[C@H](c3ccccc3)c3ccc([nH]3)/C(c3ccccc3)=C3/C=CC(=N3)[C@@H](c3ccccc3)C1=N2. The van der Waals surface area contributed by atoms with Gasteiger partial charge in [0.05, 0.1) is 34.7 Å². The molecule has 0 amide bonds. The maximum absolute atomic E-state index is 5.38. The predicted octanol–water partition coefficient (Wildman–Crippen LogP) is 9.86. The van der Waals surface area contributed by atoms with Crippen LogP contribution in [-0.2, 0) is 0 Å². The molecule has 3 aliphatic heterocycles. The molecule has 0 radical (unpaired) electrons. The molecule has 4 nitrogen and oxygen atoms in total. The smallest absolute Gasteiger partial charge is 0.0733 e. The van der Waals surface area contributed by atoms with Crippen LogP contribution < -0.4 is 0 Å². The maximum atomic E-state index is 5.38. The van der Waals surface area contributed by atoms with E-state index in [-0.39, 0.29) is 11.8 Å². The van der Waals surface area contributed by atoms with Crippen LogP contribution in [0.4, 0.5) is 0 Å². The van der Waals surface area contributed by atoms with Crippen LogP contribution in [0, 0.1) is 0 Å². The average Bonchev–Trinajstić information content (AvgIpc) is 3.98. The molecule has 228 valence electrons. The third kappa shape index (κ3) is 4.95. The summed E-state index contributed by atoms with van der Waals surface area (Å²) in [4.78, 5) is 18.3. The van der Waals surface area contributed by atoms with Gasteiger partial charge >= 0.3 is 0 Å². The van der Waals surface area contributed by atoms with Crippen molar-refractivity contribution in [3.8, 4) is 0 Å². The van der Waals surface area contributed by atoms with Gasteiger partial charge in [0, 0.05) is 40.0 Å². The molecule has 3 aliphatic rings. The average molecular weight is 617 g/mol. The number of nitrogens with one attached hydrogen (secondary N) is 2. The largest absolute Gasteiger partial charge is 0.364 e. The van der Waals surface area contributed by atoms with Crippen LogP contribution in [0.1, 0.15) is 56.7 Å². The molecule has 0 saturated heterocycles. The monoisotopic (exact) mass is 616 g/mol. The lowest BCUT2D eigenvalue weighted by Crippen LogP contribution is -2.17. The first-order valence-corrected chi connectivity index (χ1v) is 16.4. The zero-order valence-electron chi connectivity index (χ0n) is 26.2. The molecule has 4 aromatic carbocycles. The molecule has 0 spiro atoms. The molecule has 0 fully saturated rings. The highest BCUT2D eigenvalue weighted by molar-refractivity contribution is 6.23. The molecule has 4 heteroatoms. The molecule has 6 aromatic rings. The van der Waals surface area contributed by atoms with E-state index >= 15 is 0 Å². The fraction of sp³-hybridized carbons (Fsp3) is 0.0455. The minimum atomic E-state index is -0.126. The van der Waals surface area contributed by atoms with Crippen molar-refractivity contribution < 1.29 is 0 Å². The first kappa shape index (κ1) is 28.0. The number of hydrogen-bond acceptors (Lipinski definition) is 2. The summed E-state index contributed by atoms with van der Waals surface area (Å²) >= 11 is 0. The van der Waals surface area contributed by atoms with Gasteiger partial charge in [-0.3, -0.25) is 9.98 Å². The second-order valence-electron chi connectivity index (χ2n) is 12.4. The number of H-pyrrole nitrogens is 2. The number of aromatic amines is 2. The normalized spacial score (nSPS) is 21.3. The Morgan fingerprint density at radius 2 is 0.958 bits per heavy atom. The second kappa shape index (κ2) is 11.8. The number of rotatable bonds is 4. The van der Waals surface area contributed by atoms with Gasteiger partial charge in [0.25, 0.3) is 0 Å². The fourth-order valence-electron chi connectivity index (χ4n) is 7.23. The van der Waals surface area contributed by atoms with E-state index in [1.807, 2.05) is 0 Å². The van der Waals surface area contributed by atoms with Crippen molar-refractivity contribution >= 4 is 22.6 Å². The van der Waals surface area contributed by atoms with Crippen molar-refractivity contribution in [2.45, 2.75) is 11.8 Å². The van der Waals surface area contributed by atoms with E-state index in [4.69, 9.17) is 9.98 Å². The molecule has 5 heterocycles. The molecular formula is C44H32N4. The third-order valence-corrected chi connectivity index (χ3v) is 9.41. The summed E-state index contributed by atoms with van der Waals surface area (Å²) < 4.78 is 0. The van der Waals surface area contributed by atoms with Crippen LogP contribution in [0.25, 0.3) is 11.1 Å². The highest BCUT2D eigenvalue weighted by Gasteiger charge is 2.29. The van der Waals surface area contributed by atoms with Gasteiger partial charge in [-0.2, -0.15) is 0 Å². The number of fused-ring (bicyclic) bond motifs is 6. The molecule has 2 atom stereocenters. The van der Waals surface area contributed by atoms with Gasteiger partial charge in [-0.1, -0.05) is 121 Å². The minimum absolute atomic E-state index is 0.0375. The zero-order chi connectivity index (χ0) is 31.9. The summed E-state index contributed by atoms with van der Waals surface area (Å²) in [6.45, 7) is 0. The second-order valence-corrected chi connectivity index (χ2v) is 12.4. The minimum Gasteiger partial charge on any atom is -0.364 e. The van der Waals surface area contributed by atoms with Crippen LogP contribution in [-0.4, -0.2) is 21.4 Å². The van der Waals surface area contributed by atoms with Crippen molar-refractivity contribution in [3.05, 3.63) is 226 Å². The quantitative estimate of drug-likeness (QED) is 0.198. The van der Waals surface area contributed by atoms with Gasteiger partial charge in [-0.25, -0.2) is 0 Å². The van der Waals surface area contributed by atoms with Crippen LogP contribution >= 0.6 is 0 Å². The Kier molecular flexibility index (Phi) is 6.90. The number of benzene rings is 4. The van der Waals surface area contributed by atoms with Crippen LogP contribution in [0.3, 0.4) is 0 Å². The van der Waals surface area contributed by atoms with Crippen molar-refractivity contribution in [3.63, 3.8) is 0 Å². The molecule has 48 heavy (non-hydrogen) atoms. The number of aliphatic imine (C=N–C) groups is 2. The van der Waals surface area contributed by atoms with E-state index in [1.54, 1.807) is 0 Å². The molecule has 0 saturated carbocycles. The van der Waals surface area contributed by atoms with Gasteiger partial charge in [0.15, 0.2) is 0 Å². The van der Waals surface area contributed by atoms with Crippen molar-refractivity contribution in [2.75, 3.05) is 0 Å². The Morgan fingerprint density at radius 1 is 0.438 bits per heavy atom. The summed E-state index contributed by atoms with van der Waals surface area (Å²) in [7, 11) is 0. The molecule has 0 aliphatic carbocycles. The number of hydrogen-bond donors (Lipinski definition) is 2. The maximum Gasteiger partial charge on any atom is 0.0733 e. The zero-order valence-corrected chi connectivity index (χ0v) is 26.2. The lowest BCUT2D eigenvalue weighted by Gasteiger charge is -2.17. The van der Waals surface area contributed by atoms with Crippen molar-refractivity contribution in [2.24, 2.45) is 9.98 Å². The van der Waals surface area contributed by atoms with Crippen LogP contribution in [0.2, 0.25) is 0 Å². The van der Waals surface area contributed by atoms with Gasteiger partial charge in [0.1, 0.15) is 0 Å². The summed E-state index contributed by atoms with van der Waals surface area (Å²) in [5, 5.41) is 0. The summed E-state index contributed by atoms with van der Waals surface area (Å²) in [5.41, 5.74) is 14.9. The third-order valence-electron chi connectivity index (χ3n) is 9.41. The van der Waals surface area contributed by atoms with Gasteiger partial charge < -0.3 is 9.97 Å². The topological polar surface area (TPSA) is 56.3 Å². The van der Waals surface area contributed by atoms with E-state index in [9.17, 15) is 0 Å². The molecular weight excluding hydrogens is 585 g/mol. The summed E-state index contributed by atoms with van der Waals surface area (Å²) in [5.74, 6) is -0.163. The molecule has 9 rings (SSSR count). The first-order chi connectivity index (χ1) is 23.8. The van der Waals surface area contributed by atoms with Gasteiger partial charge in [0.2, 0.25) is 0 Å². The lowest BCUT2D eigenvalue weighted by atomic mass is 9.89. The van der Waals surface area contributed by atoms with E-state index < -0.39 is 0 Å². The number of aromatic nitrogens is 2. The standard InChI is InChI=1S/C44H32N4/c1-5-13-29(14-6-1)41-33-27-40(45-28-33)44(32-19-11-4-12-20-32)39-26-25-38(48-39)43(31-17-9-3-10-18-31)37-24-23-36(47-37)42(30-15-7-2-8-16-30)35-22-21-34(41)46-35/h1-28,42,44-45,48H/b41-34-,43-37-/t42-,44+/m0/s1. The van der Waals surface area contributed by atoms with Gasteiger partial charge in [-0.05, 0) is 64.8 Å². The lowest BCUT2D eigenvalue weighted by molar-refractivity contribution is 0.895. The van der Waals surface area contributed by atoms with Crippen LogP contribution in [0.15, 0.2) is 191 Å². The number of allylic oxidation sites excluding steroid dienone is 4. The summed E-state index contributed by atoms with van der Waals surface area (Å²) in [6.07, 6.45) is 10.8. The molecule has 0 unspecified atom stereocenters. The van der Waals surface area contributed by atoms with E-state index in [0.29, 0.717) is 0 Å². The Hall–Kier alpha value is -6.26. The predicted molar refractivity (Wildman–Crippen MR) is 196 cm³/mol. The van der Waals surface area contributed by atoms with E-state index in [1.165, 1.54) is 5.56 Å². The van der Waals surface area contributed by atoms with Gasteiger partial charge in [-0.15, -0.1) is 0 Å². The molecule has 2 N–H and O–H groups in total. The summed E-state index contributed by atoms with van der Waals surface area (Å²) in [6, 6.07) is 49.1. The highest BCUT2D eigenvalue weighted by atomic mass is 14.8. The number of nitrogens with zero attached hydrogens (tertiary/aromatic N) is 2. The van der Waals surface area contributed by atoms with Crippen LogP contribution in [0.5, 0.6) is 0 Å². The first-order valence-electron chi connectivity index (χ1n) is 16.4. The Balaban J connectivity index is 1.34. The highest BCUT2D eigenvalue weighted by Crippen LogP contribution is 2.40. The Bertz CT molecular complexity index is 2180. The Morgan fingerprint density at radius 3 is 1.56 bits per heavy atom. The van der Waals surface area contributed by atoms with E-state index in [0.717, 1.165) is 73.3 Å². The van der Waals surface area contributed by atoms with Crippen molar-refractivity contribution in [1.82, 2.24) is 9.97 Å². The fourth-order valence-corrected chi connectivity index (χ4v) is 7.23. The molecule has 2 aromatic heterocycles.